The van der Waals surface area contributed by atoms with Crippen LogP contribution in [0.15, 0.2) is 40.9 Å². The van der Waals surface area contributed by atoms with Gasteiger partial charge >= 0.3 is 5.97 Å². The quantitative estimate of drug-likeness (QED) is 0.419. The number of halogens is 2. The van der Waals surface area contributed by atoms with Gasteiger partial charge in [-0.2, -0.15) is 0 Å². The van der Waals surface area contributed by atoms with E-state index in [9.17, 15) is 14.3 Å². The first-order valence-corrected chi connectivity index (χ1v) is 8.53. The first kappa shape index (κ1) is 19.9. The molecule has 2 aromatic rings. The Morgan fingerprint density at radius 1 is 1.38 bits per heavy atom. The minimum absolute atomic E-state index is 0.0622. The van der Waals surface area contributed by atoms with E-state index in [1.807, 2.05) is 25.1 Å². The van der Waals surface area contributed by atoms with Crippen molar-refractivity contribution in [2.45, 2.75) is 13.0 Å². The van der Waals surface area contributed by atoms with Crippen molar-refractivity contribution in [1.29, 1.82) is 0 Å². The summed E-state index contributed by atoms with van der Waals surface area (Å²) in [5, 5.41) is 10.4. The number of ether oxygens (including phenoxy) is 2. The molecule has 0 aliphatic rings. The lowest BCUT2D eigenvalue weighted by Crippen LogP contribution is -2.12. The monoisotopic (exact) mass is 423 g/mol. The third kappa shape index (κ3) is 5.06. The topological polar surface area (TPSA) is 81.8 Å². The van der Waals surface area contributed by atoms with E-state index in [0.717, 1.165) is 22.2 Å². The van der Waals surface area contributed by atoms with Gasteiger partial charge in [0.25, 0.3) is 0 Å². The highest BCUT2D eigenvalue weighted by Crippen LogP contribution is 2.28. The number of esters is 1. The van der Waals surface area contributed by atoms with Crippen LogP contribution in [0.5, 0.6) is 5.75 Å². The Kier molecular flexibility index (Phi) is 6.76. The van der Waals surface area contributed by atoms with E-state index in [1.54, 1.807) is 0 Å². The zero-order valence-corrected chi connectivity index (χ0v) is 15.9. The lowest BCUT2D eigenvalue weighted by molar-refractivity contribution is -0.134. The number of carbonyl (C=O) groups is 1. The van der Waals surface area contributed by atoms with E-state index in [1.165, 1.54) is 19.3 Å². The SMILES string of the molecule is COC(=O)/C=C/c1cc(OCC(O)c2cc(Br)ccc2C)c(N)cc1F. The number of hydrogen-bond acceptors (Lipinski definition) is 5. The molecule has 7 heteroatoms. The molecule has 0 saturated carbocycles. The third-order valence-corrected chi connectivity index (χ3v) is 4.22. The van der Waals surface area contributed by atoms with Gasteiger partial charge in [-0.15, -0.1) is 0 Å². The van der Waals surface area contributed by atoms with Gasteiger partial charge in [-0.25, -0.2) is 9.18 Å². The van der Waals surface area contributed by atoms with Crippen LogP contribution in [-0.4, -0.2) is 24.8 Å². The second-order valence-electron chi connectivity index (χ2n) is 5.60. The summed E-state index contributed by atoms with van der Waals surface area (Å²) in [4.78, 5) is 11.2. The summed E-state index contributed by atoms with van der Waals surface area (Å²) in [7, 11) is 1.23. The number of aryl methyl sites for hydroxylation is 1. The maximum absolute atomic E-state index is 14.0. The summed E-state index contributed by atoms with van der Waals surface area (Å²) in [6.45, 7) is 1.82. The Labute approximate surface area is 159 Å². The Bertz CT molecular complexity index is 839. The number of methoxy groups -OCH3 is 1. The first-order valence-electron chi connectivity index (χ1n) is 7.73. The lowest BCUT2D eigenvalue weighted by atomic mass is 10.0. The second-order valence-corrected chi connectivity index (χ2v) is 6.51. The fourth-order valence-corrected chi connectivity index (χ4v) is 2.67. The average Bonchev–Trinajstić information content (AvgIpc) is 2.61. The summed E-state index contributed by atoms with van der Waals surface area (Å²) in [6, 6.07) is 8.03. The third-order valence-electron chi connectivity index (χ3n) is 3.73. The molecule has 0 radical (unpaired) electrons. The van der Waals surface area contributed by atoms with Crippen LogP contribution in [0.1, 0.15) is 22.8 Å². The highest BCUT2D eigenvalue weighted by atomic mass is 79.9. The molecule has 5 nitrogen and oxygen atoms in total. The van der Waals surface area contributed by atoms with Gasteiger partial charge in [-0.3, -0.25) is 0 Å². The Morgan fingerprint density at radius 3 is 2.81 bits per heavy atom. The number of nitrogens with two attached hydrogens (primary N) is 1. The highest BCUT2D eigenvalue weighted by Gasteiger charge is 2.14. The number of anilines is 1. The number of rotatable bonds is 6. The Hall–Kier alpha value is -2.38. The van der Waals surface area contributed by atoms with Crippen molar-refractivity contribution in [2.24, 2.45) is 0 Å². The van der Waals surface area contributed by atoms with Crippen molar-refractivity contribution in [3.8, 4) is 5.75 Å². The van der Waals surface area contributed by atoms with E-state index in [4.69, 9.17) is 10.5 Å². The van der Waals surface area contributed by atoms with Crippen LogP contribution in [0.2, 0.25) is 0 Å². The molecule has 0 amide bonds. The molecule has 138 valence electrons. The molecule has 0 saturated heterocycles. The number of aliphatic hydroxyl groups excluding tert-OH is 1. The molecule has 3 N–H and O–H groups in total. The number of hydrogen-bond donors (Lipinski definition) is 2. The van der Waals surface area contributed by atoms with Crippen LogP contribution in [0.4, 0.5) is 10.1 Å². The fourth-order valence-electron chi connectivity index (χ4n) is 2.29. The molecule has 26 heavy (non-hydrogen) atoms. The predicted molar refractivity (Wildman–Crippen MR) is 101 cm³/mol. The number of benzene rings is 2. The number of carbonyl (C=O) groups excluding carboxylic acids is 1. The second kappa shape index (κ2) is 8.82. The van der Waals surface area contributed by atoms with Gasteiger partial charge in [0.15, 0.2) is 0 Å². The number of aliphatic hydroxyl groups is 1. The van der Waals surface area contributed by atoms with Crippen molar-refractivity contribution in [3.63, 3.8) is 0 Å². The molecule has 1 atom stereocenters. The molecule has 0 bridgehead atoms. The highest BCUT2D eigenvalue weighted by molar-refractivity contribution is 9.10. The minimum Gasteiger partial charge on any atom is -0.488 e. The fraction of sp³-hybridized carbons (Fsp3) is 0.211. The van der Waals surface area contributed by atoms with Gasteiger partial charge in [-0.05, 0) is 42.3 Å². The van der Waals surface area contributed by atoms with Gasteiger partial charge in [0, 0.05) is 22.2 Å². The van der Waals surface area contributed by atoms with Crippen LogP contribution in [0.3, 0.4) is 0 Å². The van der Waals surface area contributed by atoms with E-state index in [2.05, 4.69) is 20.7 Å². The lowest BCUT2D eigenvalue weighted by Gasteiger charge is -2.16. The van der Waals surface area contributed by atoms with Crippen LogP contribution in [-0.2, 0) is 9.53 Å². The molecule has 0 aliphatic carbocycles. The van der Waals surface area contributed by atoms with E-state index < -0.39 is 17.9 Å². The number of nitrogen functional groups attached to an aromatic ring is 1. The molecule has 0 fully saturated rings. The van der Waals surface area contributed by atoms with Crippen molar-refractivity contribution < 1.29 is 23.8 Å². The van der Waals surface area contributed by atoms with E-state index in [0.29, 0.717) is 5.56 Å². The molecular formula is C19H19BrFNO4. The summed E-state index contributed by atoms with van der Waals surface area (Å²) in [5.41, 5.74) is 7.62. The zero-order chi connectivity index (χ0) is 19.3. The van der Waals surface area contributed by atoms with Crippen molar-refractivity contribution in [2.75, 3.05) is 19.5 Å². The molecule has 0 aliphatic heterocycles. The predicted octanol–water partition coefficient (Wildman–Crippen LogP) is 3.78. The smallest absolute Gasteiger partial charge is 0.330 e. The minimum atomic E-state index is -0.883. The average molecular weight is 424 g/mol. The normalized spacial score (nSPS) is 12.2. The van der Waals surface area contributed by atoms with Gasteiger partial charge in [-0.1, -0.05) is 22.0 Å². The van der Waals surface area contributed by atoms with Crippen LogP contribution < -0.4 is 10.5 Å². The maximum atomic E-state index is 14.0. The van der Waals surface area contributed by atoms with Gasteiger partial charge < -0.3 is 20.3 Å². The van der Waals surface area contributed by atoms with Crippen molar-refractivity contribution >= 4 is 33.7 Å². The maximum Gasteiger partial charge on any atom is 0.330 e. The molecule has 2 rings (SSSR count). The Balaban J connectivity index is 2.17. The zero-order valence-electron chi connectivity index (χ0n) is 14.3. The largest absolute Gasteiger partial charge is 0.488 e. The van der Waals surface area contributed by atoms with Crippen molar-refractivity contribution in [3.05, 3.63) is 63.4 Å². The van der Waals surface area contributed by atoms with Crippen molar-refractivity contribution in [1.82, 2.24) is 0 Å². The molecule has 1 unspecified atom stereocenters. The summed E-state index contributed by atoms with van der Waals surface area (Å²) < 4.78 is 24.8. The van der Waals surface area contributed by atoms with Gasteiger partial charge in [0.2, 0.25) is 0 Å². The summed E-state index contributed by atoms with van der Waals surface area (Å²) in [6.07, 6.45) is 1.48. The van der Waals surface area contributed by atoms with Gasteiger partial charge in [0.05, 0.1) is 12.8 Å². The van der Waals surface area contributed by atoms with Crippen LogP contribution in [0.25, 0.3) is 6.08 Å². The molecule has 2 aromatic carbocycles. The standard InChI is InChI=1S/C19H19BrFNO4/c1-11-3-5-13(20)8-14(11)17(23)10-26-18-7-12(4-6-19(24)25-2)15(21)9-16(18)22/h3-9,17,23H,10,22H2,1-2H3/b6-4+. The van der Waals surface area contributed by atoms with Crippen LogP contribution >= 0.6 is 15.9 Å². The molecule has 0 aromatic heterocycles. The Morgan fingerprint density at radius 2 is 2.12 bits per heavy atom. The van der Waals surface area contributed by atoms with Crippen LogP contribution in [0, 0.1) is 12.7 Å². The molecule has 0 heterocycles. The van der Waals surface area contributed by atoms with E-state index in [-0.39, 0.29) is 23.6 Å². The van der Waals surface area contributed by atoms with Gasteiger partial charge in [0.1, 0.15) is 24.3 Å². The molecule has 0 spiro atoms. The molecular weight excluding hydrogens is 405 g/mol. The summed E-state index contributed by atoms with van der Waals surface area (Å²) >= 11 is 3.37. The first-order chi connectivity index (χ1) is 12.3. The summed E-state index contributed by atoms with van der Waals surface area (Å²) in [5.74, 6) is -0.995. The van der Waals surface area contributed by atoms with E-state index >= 15 is 0 Å².